The number of aliphatic hydroxyl groups excluding tert-OH is 5. The number of phosphoric ester groups is 2. The molecule has 2 bridgehead atoms. The molecule has 11 atom stereocenters. The zero-order chi connectivity index (χ0) is 51.1. The third-order valence-electron chi connectivity index (χ3n) is 11.2. The van der Waals surface area contributed by atoms with Gasteiger partial charge in [0, 0.05) is 18.8 Å². The first-order valence-electron chi connectivity index (χ1n) is 24.2. The summed E-state index contributed by atoms with van der Waals surface area (Å²) in [5.74, 6) is -5.36. The number of ketones is 1. The Balaban J connectivity index is 2.30. The van der Waals surface area contributed by atoms with Crippen LogP contribution < -0.4 is 0 Å². The largest absolute Gasteiger partial charge is 0.472 e. The molecule has 0 radical (unpaired) electrons. The van der Waals surface area contributed by atoms with Gasteiger partial charge in [-0.2, -0.15) is 0 Å². The number of hydrogen-bond acceptors (Lipinski definition) is 15. The number of allylic oxidation sites excluding steroid dienone is 11. The highest BCUT2D eigenvalue weighted by molar-refractivity contribution is 7.47. The number of aliphatic hydroxyl groups is 5. The van der Waals surface area contributed by atoms with E-state index in [1.54, 1.807) is 12.2 Å². The van der Waals surface area contributed by atoms with E-state index in [0.717, 1.165) is 69.9 Å². The Morgan fingerprint density at radius 3 is 2.19 bits per heavy atom. The molecule has 20 heteroatoms. The molecule has 0 fully saturated rings. The van der Waals surface area contributed by atoms with Crippen LogP contribution >= 0.6 is 15.6 Å². The number of phosphoric acid groups is 2. The van der Waals surface area contributed by atoms with E-state index >= 15 is 0 Å². The second-order valence-corrected chi connectivity index (χ2v) is 19.7. The van der Waals surface area contributed by atoms with Crippen molar-refractivity contribution in [1.82, 2.24) is 0 Å². The molecule has 18 nitrogen and oxygen atoms in total. The minimum Gasteiger partial charge on any atom is -0.462 e. The van der Waals surface area contributed by atoms with Crippen LogP contribution in [0.2, 0.25) is 0 Å². The summed E-state index contributed by atoms with van der Waals surface area (Å²) in [7, 11) is -11.4. The lowest BCUT2D eigenvalue weighted by Gasteiger charge is -2.38. The Morgan fingerprint density at radius 2 is 1.52 bits per heavy atom. The van der Waals surface area contributed by atoms with Crippen LogP contribution in [0.1, 0.15) is 129 Å². The summed E-state index contributed by atoms with van der Waals surface area (Å²) in [5, 5.41) is 56.6. The molecule has 69 heavy (non-hydrogen) atoms. The van der Waals surface area contributed by atoms with Gasteiger partial charge in [0.15, 0.2) is 11.9 Å². The van der Waals surface area contributed by atoms with Gasteiger partial charge in [-0.3, -0.25) is 28.0 Å². The fraction of sp³-hybridized carbons (Fsp3) is 0.653. The van der Waals surface area contributed by atoms with E-state index in [9.17, 15) is 63.7 Å². The van der Waals surface area contributed by atoms with Gasteiger partial charge < -0.3 is 49.7 Å². The van der Waals surface area contributed by atoms with Crippen molar-refractivity contribution >= 4 is 33.4 Å². The van der Waals surface area contributed by atoms with Crippen molar-refractivity contribution in [1.29, 1.82) is 0 Å². The number of hydrogen-bond donors (Lipinski definition) is 8. The predicted molar refractivity (Wildman–Crippen MR) is 259 cm³/mol. The third kappa shape index (κ3) is 27.3. The molecule has 0 aromatic heterocycles. The highest BCUT2D eigenvalue weighted by atomic mass is 31.2. The van der Waals surface area contributed by atoms with Crippen LogP contribution in [0.3, 0.4) is 0 Å². The topological polar surface area (TPSA) is 293 Å². The number of esters is 2. The average Bonchev–Trinajstić information content (AvgIpc) is 3.30. The molecule has 0 saturated carbocycles. The van der Waals surface area contributed by atoms with Gasteiger partial charge in [0.1, 0.15) is 31.0 Å². The van der Waals surface area contributed by atoms with Crippen molar-refractivity contribution in [3.63, 3.8) is 0 Å². The average molecular weight is 1020 g/mol. The molecule has 1 unspecified atom stereocenters. The molecule has 2 aliphatic rings. The normalized spacial score (nSPS) is 30.1. The highest BCUT2D eigenvalue weighted by Gasteiger charge is 2.50. The number of unbranched alkanes of at least 4 members (excludes halogenated alkanes) is 6. The van der Waals surface area contributed by atoms with Gasteiger partial charge in [-0.1, -0.05) is 125 Å². The SMILES string of the molecule is CC/C=C\C/C=C\C/C=C\C/C=C\CCCCCCC(=O)O[C@@H]1COC(=O)CCC/C=C\C[C@H]2/C=C\C(=O)[C@H](/C=C/[C@@H](O)CCCCC)[C@@H](O)[C@@H](OP(=O)(O)O)[C@@H](OP(=O)(O)OC1)[C@H](O)[C@@H](O)[C@@H]2O. The first-order chi connectivity index (χ1) is 32.9. The fourth-order valence-corrected chi connectivity index (χ4v) is 8.86. The van der Waals surface area contributed by atoms with Crippen molar-refractivity contribution in [3.05, 3.63) is 85.1 Å². The number of ether oxygens (including phenoxy) is 2. The Kier molecular flexibility index (Phi) is 31.4. The van der Waals surface area contributed by atoms with Gasteiger partial charge in [0.25, 0.3) is 0 Å². The number of cyclic esters (lactones) is 1. The van der Waals surface area contributed by atoms with Gasteiger partial charge in [-0.15, -0.1) is 0 Å². The zero-order valence-corrected chi connectivity index (χ0v) is 41.8. The van der Waals surface area contributed by atoms with Crippen LogP contribution in [0.5, 0.6) is 0 Å². The summed E-state index contributed by atoms with van der Waals surface area (Å²) >= 11 is 0. The Morgan fingerprint density at radius 1 is 0.855 bits per heavy atom. The summed E-state index contributed by atoms with van der Waals surface area (Å²) in [4.78, 5) is 70.4. The summed E-state index contributed by atoms with van der Waals surface area (Å²) in [6.07, 6.45) is 17.7. The van der Waals surface area contributed by atoms with Crippen LogP contribution in [0.15, 0.2) is 85.1 Å². The van der Waals surface area contributed by atoms with E-state index in [0.29, 0.717) is 32.1 Å². The maximum atomic E-state index is 13.8. The lowest BCUT2D eigenvalue weighted by molar-refractivity contribution is -0.163. The first kappa shape index (κ1) is 61.9. The second-order valence-electron chi connectivity index (χ2n) is 17.1. The summed E-state index contributed by atoms with van der Waals surface area (Å²) in [5.41, 5.74) is 0. The molecule has 0 aromatic rings. The highest BCUT2D eigenvalue weighted by Crippen LogP contribution is 2.49. The van der Waals surface area contributed by atoms with Crippen LogP contribution in [0.25, 0.3) is 0 Å². The molecule has 1 aliphatic heterocycles. The molecule has 1 aliphatic carbocycles. The predicted octanol–water partition coefficient (Wildman–Crippen LogP) is 7.01. The standard InChI is InChI=1S/C49H78O18P2/c1-3-5-7-8-9-10-11-12-13-14-15-16-17-18-19-20-26-30-43(53)65-39-35-63-42(52)29-25-22-21-24-27-37-31-34-41(51)40(33-32-38(50)28-23-6-4-2)45(55)48(66-68(58,59)60)49(47(57)46(56)44(37)54)67-69(61,62)64-36-39/h5,7,9-10,12-13,15-16,21,24,31-34,37-40,44-50,54-57H,3-4,6,8,11,14,17-20,22-23,25-30,35-36H2,1-2H3,(H,61,62)(H2,58,59,60)/b7-5-,10-9-,13-12-,16-15-,24-21-,33-32+,34-31-/t37-,38-,39+,40-,44+,45+,46-,47+,48+,49-/m0/s1. The number of rotatable bonds is 23. The Labute approximate surface area is 407 Å². The molecule has 0 saturated heterocycles. The molecule has 8 N–H and O–H groups in total. The van der Waals surface area contributed by atoms with Crippen molar-refractivity contribution in [3.8, 4) is 0 Å². The van der Waals surface area contributed by atoms with E-state index in [1.165, 1.54) is 12.2 Å². The number of fused-ring (bicyclic) bond motifs is 4. The molecule has 2 rings (SSSR count). The zero-order valence-electron chi connectivity index (χ0n) is 40.1. The second kappa shape index (κ2) is 35.0. The number of carbonyl (C=O) groups excluding carboxylic acids is 3. The number of carbonyl (C=O) groups is 3. The third-order valence-corrected chi connectivity index (χ3v) is 12.7. The van der Waals surface area contributed by atoms with Crippen LogP contribution in [0, 0.1) is 11.8 Å². The van der Waals surface area contributed by atoms with Gasteiger partial charge in [-0.05, 0) is 76.7 Å². The van der Waals surface area contributed by atoms with Gasteiger partial charge in [0.2, 0.25) is 0 Å². The Bertz CT molecular complexity index is 1800. The maximum absolute atomic E-state index is 13.8. The van der Waals surface area contributed by atoms with Crippen LogP contribution in [-0.2, 0) is 46.6 Å². The van der Waals surface area contributed by atoms with Crippen LogP contribution in [0.4, 0.5) is 0 Å². The monoisotopic (exact) mass is 1020 g/mol. The van der Waals surface area contributed by atoms with Crippen molar-refractivity contribution < 1.29 is 86.8 Å². The van der Waals surface area contributed by atoms with E-state index < -0.39 is 107 Å². The van der Waals surface area contributed by atoms with E-state index in [-0.39, 0.29) is 25.7 Å². The van der Waals surface area contributed by atoms with Gasteiger partial charge in [-0.25, -0.2) is 9.13 Å². The summed E-state index contributed by atoms with van der Waals surface area (Å²) < 4.78 is 52.1. The lowest BCUT2D eigenvalue weighted by atomic mass is 9.87. The molecule has 392 valence electrons. The van der Waals surface area contributed by atoms with Crippen molar-refractivity contribution in [2.75, 3.05) is 13.2 Å². The summed E-state index contributed by atoms with van der Waals surface area (Å²) in [6.45, 7) is 2.46. The molecular weight excluding hydrogens is 938 g/mol. The smallest absolute Gasteiger partial charge is 0.462 e. The first-order valence-corrected chi connectivity index (χ1v) is 27.2. The van der Waals surface area contributed by atoms with E-state index in [1.807, 2.05) is 6.92 Å². The quantitative estimate of drug-likeness (QED) is 0.0221. The summed E-state index contributed by atoms with van der Waals surface area (Å²) in [6, 6.07) is 0. The van der Waals surface area contributed by atoms with Crippen LogP contribution in [-0.4, -0.2) is 120 Å². The van der Waals surface area contributed by atoms with Crippen molar-refractivity contribution in [2.24, 2.45) is 11.8 Å². The maximum Gasteiger partial charge on any atom is 0.472 e. The molecular formula is C49H78O18P2. The van der Waals surface area contributed by atoms with E-state index in [2.05, 4.69) is 55.5 Å². The minimum absolute atomic E-state index is 0.0538. The minimum atomic E-state index is -5.76. The molecule has 0 aromatic carbocycles. The molecule has 1 heterocycles. The fourth-order valence-electron chi connectivity index (χ4n) is 7.33. The van der Waals surface area contributed by atoms with Gasteiger partial charge >= 0.3 is 27.6 Å². The van der Waals surface area contributed by atoms with Gasteiger partial charge in [0.05, 0.1) is 30.8 Å². The van der Waals surface area contributed by atoms with E-state index in [4.69, 9.17) is 23.0 Å². The van der Waals surface area contributed by atoms with Crippen molar-refractivity contribution in [2.45, 2.75) is 178 Å². The molecule has 0 amide bonds. The lowest BCUT2D eigenvalue weighted by Crippen LogP contribution is -2.56. The Hall–Kier alpha value is -3.19. The molecule has 0 spiro atoms.